The number of H-pyrrole nitrogens is 1. The van der Waals surface area contributed by atoms with Crippen LogP contribution in [0.15, 0.2) is 30.5 Å². The molecule has 0 fully saturated rings. The minimum atomic E-state index is 0.772. The van der Waals surface area contributed by atoms with Gasteiger partial charge in [-0.1, -0.05) is 32.0 Å². The molecule has 0 aliphatic carbocycles. The first-order valence-corrected chi connectivity index (χ1v) is 7.87. The summed E-state index contributed by atoms with van der Waals surface area (Å²) >= 11 is 0. The van der Waals surface area contributed by atoms with E-state index in [1.807, 2.05) is 19.2 Å². The van der Waals surface area contributed by atoms with Gasteiger partial charge in [0, 0.05) is 12.7 Å². The molecule has 114 valence electrons. The number of anilines is 1. The Morgan fingerprint density at radius 2 is 1.68 bits per heavy atom. The molecule has 0 spiro atoms. The number of benzene rings is 1. The van der Waals surface area contributed by atoms with Gasteiger partial charge in [-0.15, -0.1) is 0 Å². The molecule has 2 aromatic heterocycles. The van der Waals surface area contributed by atoms with Gasteiger partial charge in [0.25, 0.3) is 0 Å². The molecule has 1 aromatic carbocycles. The number of hydrogen-bond acceptors (Lipinski definition) is 3. The lowest BCUT2D eigenvalue weighted by Gasteiger charge is -2.10. The van der Waals surface area contributed by atoms with Crippen LogP contribution in [0.5, 0.6) is 0 Å². The Morgan fingerprint density at radius 3 is 2.36 bits per heavy atom. The van der Waals surface area contributed by atoms with Gasteiger partial charge in [-0.25, -0.2) is 9.97 Å². The molecule has 3 rings (SSSR count). The zero-order chi connectivity index (χ0) is 15.5. The van der Waals surface area contributed by atoms with Gasteiger partial charge in [0.05, 0.1) is 5.39 Å². The minimum absolute atomic E-state index is 0.772. The Hall–Kier alpha value is -2.36. The Kier molecular flexibility index (Phi) is 4.09. The maximum absolute atomic E-state index is 4.53. The molecule has 0 unspecified atom stereocenters. The first-order chi connectivity index (χ1) is 10.7. The van der Waals surface area contributed by atoms with Crippen LogP contribution in [0.2, 0.25) is 0 Å². The maximum Gasteiger partial charge on any atom is 0.143 e. The van der Waals surface area contributed by atoms with Crippen molar-refractivity contribution in [2.45, 2.75) is 40.2 Å². The molecular weight excluding hydrogens is 272 g/mol. The molecule has 0 aliphatic heterocycles. The third-order valence-electron chi connectivity index (χ3n) is 3.92. The predicted octanol–water partition coefficient (Wildman–Crippen LogP) is 4.00. The second-order valence-corrected chi connectivity index (χ2v) is 5.58. The Morgan fingerprint density at radius 1 is 1.00 bits per heavy atom. The molecule has 0 saturated heterocycles. The zero-order valence-electron chi connectivity index (χ0n) is 13.4. The Bertz CT molecular complexity index is 767. The minimum Gasteiger partial charge on any atom is -0.365 e. The summed E-state index contributed by atoms with van der Waals surface area (Å²) in [6.45, 7) is 7.09. The lowest BCUT2D eigenvalue weighted by molar-refractivity contribution is 1.02. The standard InChI is InChI=1S/C18H22N4/c1-4-13-8-14(5-2)10-15(9-13)11-20-18-16-6-7-19-17(16)21-12(3)22-18/h6-10H,4-5,11H2,1-3H3,(H2,19,20,21,22). The second-order valence-electron chi connectivity index (χ2n) is 5.58. The highest BCUT2D eigenvalue weighted by molar-refractivity contribution is 5.86. The summed E-state index contributed by atoms with van der Waals surface area (Å²) in [7, 11) is 0. The summed E-state index contributed by atoms with van der Waals surface area (Å²) in [5.41, 5.74) is 4.96. The van der Waals surface area contributed by atoms with Crippen molar-refractivity contribution in [2.75, 3.05) is 5.32 Å². The lowest BCUT2D eigenvalue weighted by Crippen LogP contribution is -2.05. The molecule has 0 atom stereocenters. The van der Waals surface area contributed by atoms with Gasteiger partial charge >= 0.3 is 0 Å². The average molecular weight is 294 g/mol. The van der Waals surface area contributed by atoms with Gasteiger partial charge in [0.2, 0.25) is 0 Å². The molecule has 2 N–H and O–H groups in total. The van der Waals surface area contributed by atoms with E-state index in [4.69, 9.17) is 0 Å². The number of aromatic amines is 1. The van der Waals surface area contributed by atoms with Gasteiger partial charge in [0.1, 0.15) is 17.3 Å². The van der Waals surface area contributed by atoms with E-state index in [1.165, 1.54) is 16.7 Å². The molecule has 22 heavy (non-hydrogen) atoms. The topological polar surface area (TPSA) is 53.6 Å². The SMILES string of the molecule is CCc1cc(CC)cc(CNc2nc(C)nc3[nH]ccc23)c1. The molecule has 0 radical (unpaired) electrons. The van der Waals surface area contributed by atoms with Crippen molar-refractivity contribution in [1.82, 2.24) is 15.0 Å². The van der Waals surface area contributed by atoms with Gasteiger partial charge in [-0.2, -0.15) is 0 Å². The molecular formula is C18H22N4. The fraction of sp³-hybridized carbons (Fsp3) is 0.333. The first-order valence-electron chi connectivity index (χ1n) is 7.87. The third kappa shape index (κ3) is 2.96. The van der Waals surface area contributed by atoms with Gasteiger partial charge in [-0.3, -0.25) is 0 Å². The van der Waals surface area contributed by atoms with Crippen molar-refractivity contribution in [3.63, 3.8) is 0 Å². The summed E-state index contributed by atoms with van der Waals surface area (Å²) in [4.78, 5) is 12.1. The van der Waals surface area contributed by atoms with Crippen molar-refractivity contribution in [3.8, 4) is 0 Å². The summed E-state index contributed by atoms with van der Waals surface area (Å²) in [6, 6.07) is 8.85. The zero-order valence-corrected chi connectivity index (χ0v) is 13.4. The van der Waals surface area contributed by atoms with Crippen LogP contribution in [-0.2, 0) is 19.4 Å². The van der Waals surface area contributed by atoms with E-state index in [1.54, 1.807) is 0 Å². The third-order valence-corrected chi connectivity index (χ3v) is 3.92. The van der Waals surface area contributed by atoms with Crippen molar-refractivity contribution in [3.05, 3.63) is 53.0 Å². The number of hydrogen-bond donors (Lipinski definition) is 2. The first kappa shape index (κ1) is 14.6. The normalized spacial score (nSPS) is 11.0. The van der Waals surface area contributed by atoms with Gasteiger partial charge < -0.3 is 10.3 Å². The highest BCUT2D eigenvalue weighted by atomic mass is 15.0. The van der Waals surface area contributed by atoms with Crippen molar-refractivity contribution in [2.24, 2.45) is 0 Å². The van der Waals surface area contributed by atoms with Crippen molar-refractivity contribution in [1.29, 1.82) is 0 Å². The second kappa shape index (κ2) is 6.18. The van der Waals surface area contributed by atoms with E-state index < -0.39 is 0 Å². The summed E-state index contributed by atoms with van der Waals surface area (Å²) in [5, 5.41) is 4.50. The van der Waals surface area contributed by atoms with Gasteiger partial charge in [-0.05, 0) is 42.5 Å². The van der Waals surface area contributed by atoms with E-state index in [-0.39, 0.29) is 0 Å². The number of rotatable bonds is 5. The highest BCUT2D eigenvalue weighted by Gasteiger charge is 2.07. The number of aryl methyl sites for hydroxylation is 3. The molecule has 3 aromatic rings. The number of nitrogens with zero attached hydrogens (tertiary/aromatic N) is 2. The molecule has 2 heterocycles. The summed E-state index contributed by atoms with van der Waals surface area (Å²) in [6.07, 6.45) is 4.03. The largest absolute Gasteiger partial charge is 0.365 e. The van der Waals surface area contributed by atoms with E-state index in [9.17, 15) is 0 Å². The molecule has 0 saturated carbocycles. The van der Waals surface area contributed by atoms with E-state index >= 15 is 0 Å². The van der Waals surface area contributed by atoms with E-state index in [0.717, 1.165) is 42.1 Å². The molecule has 0 bridgehead atoms. The Balaban J connectivity index is 1.86. The van der Waals surface area contributed by atoms with Crippen LogP contribution in [0.1, 0.15) is 36.4 Å². The molecule has 0 aliphatic rings. The van der Waals surface area contributed by atoms with Crippen molar-refractivity contribution < 1.29 is 0 Å². The maximum atomic E-state index is 4.53. The van der Waals surface area contributed by atoms with E-state index in [0.29, 0.717) is 0 Å². The fourth-order valence-electron chi connectivity index (χ4n) is 2.72. The van der Waals surface area contributed by atoms with Crippen LogP contribution in [0.3, 0.4) is 0 Å². The van der Waals surface area contributed by atoms with Crippen LogP contribution in [0, 0.1) is 6.92 Å². The lowest BCUT2D eigenvalue weighted by atomic mass is 10.0. The number of nitrogens with one attached hydrogen (secondary N) is 2. The fourth-order valence-corrected chi connectivity index (χ4v) is 2.72. The summed E-state index contributed by atoms with van der Waals surface area (Å²) in [5.74, 6) is 1.66. The molecule has 4 heteroatoms. The Labute approximate surface area is 131 Å². The van der Waals surface area contributed by atoms with Crippen molar-refractivity contribution >= 4 is 16.9 Å². The van der Waals surface area contributed by atoms with Crippen LogP contribution in [-0.4, -0.2) is 15.0 Å². The van der Waals surface area contributed by atoms with Crippen LogP contribution in [0.4, 0.5) is 5.82 Å². The van der Waals surface area contributed by atoms with Crippen LogP contribution >= 0.6 is 0 Å². The monoisotopic (exact) mass is 294 g/mol. The highest BCUT2D eigenvalue weighted by Crippen LogP contribution is 2.20. The van der Waals surface area contributed by atoms with E-state index in [2.05, 4.69) is 52.3 Å². The van der Waals surface area contributed by atoms with Crippen LogP contribution in [0.25, 0.3) is 11.0 Å². The van der Waals surface area contributed by atoms with Crippen LogP contribution < -0.4 is 5.32 Å². The smallest absolute Gasteiger partial charge is 0.143 e. The summed E-state index contributed by atoms with van der Waals surface area (Å²) < 4.78 is 0. The molecule has 4 nitrogen and oxygen atoms in total. The predicted molar refractivity (Wildman–Crippen MR) is 91.2 cm³/mol. The number of fused-ring (bicyclic) bond motifs is 1. The average Bonchev–Trinajstić information content (AvgIpc) is 3.00. The quantitative estimate of drug-likeness (QED) is 0.747. The van der Waals surface area contributed by atoms with Gasteiger partial charge in [0.15, 0.2) is 0 Å². The number of aromatic nitrogens is 3. The molecule has 0 amide bonds.